The number of guanidine groups is 1. The lowest BCUT2D eigenvalue weighted by molar-refractivity contribution is 0.143. The van der Waals surface area contributed by atoms with Crippen LogP contribution in [0.15, 0.2) is 22.5 Å². The van der Waals surface area contributed by atoms with Crippen LogP contribution >= 0.6 is 11.3 Å². The Kier molecular flexibility index (Phi) is 5.95. The number of likely N-dealkylation sites (tertiary alicyclic amines) is 1. The Bertz CT molecular complexity index is 487. The van der Waals surface area contributed by atoms with Gasteiger partial charge in [0.05, 0.1) is 12.6 Å². The topological polar surface area (TPSA) is 53.6 Å². The fourth-order valence-electron chi connectivity index (χ4n) is 3.39. The fourth-order valence-corrected chi connectivity index (χ4v) is 4.25. The number of hydrogen-bond donors (Lipinski definition) is 2. The molecule has 1 unspecified atom stereocenters. The van der Waals surface area contributed by atoms with Gasteiger partial charge < -0.3 is 11.1 Å². The summed E-state index contributed by atoms with van der Waals surface area (Å²) in [7, 11) is 0. The molecule has 3 N–H and O–H groups in total. The third-order valence-corrected chi connectivity index (χ3v) is 6.34. The smallest absolute Gasteiger partial charge is 0.188 e. The summed E-state index contributed by atoms with van der Waals surface area (Å²) in [6, 6.07) is 4.76. The van der Waals surface area contributed by atoms with Gasteiger partial charge in [-0.25, -0.2) is 0 Å². The highest BCUT2D eigenvalue weighted by Crippen LogP contribution is 2.29. The van der Waals surface area contributed by atoms with Crippen LogP contribution in [0.3, 0.4) is 0 Å². The van der Waals surface area contributed by atoms with Crippen molar-refractivity contribution in [3.05, 3.63) is 22.4 Å². The highest BCUT2D eigenvalue weighted by molar-refractivity contribution is 7.10. The van der Waals surface area contributed by atoms with Crippen molar-refractivity contribution in [2.24, 2.45) is 22.6 Å². The van der Waals surface area contributed by atoms with Crippen molar-refractivity contribution in [2.75, 3.05) is 26.2 Å². The summed E-state index contributed by atoms with van der Waals surface area (Å²) in [4.78, 5) is 8.66. The Morgan fingerprint density at radius 2 is 2.17 bits per heavy atom. The second-order valence-corrected chi connectivity index (χ2v) is 8.13. The number of nitrogens with zero attached hydrogens (tertiary/aromatic N) is 2. The Balaban J connectivity index is 1.57. The molecule has 1 aromatic heterocycles. The van der Waals surface area contributed by atoms with Gasteiger partial charge in [-0.3, -0.25) is 9.89 Å². The number of aliphatic imine (C=N–C) groups is 1. The van der Waals surface area contributed by atoms with Crippen molar-refractivity contribution in [2.45, 2.75) is 45.1 Å². The van der Waals surface area contributed by atoms with Gasteiger partial charge in [0.2, 0.25) is 0 Å². The molecule has 1 atom stereocenters. The van der Waals surface area contributed by atoms with Gasteiger partial charge in [0.1, 0.15) is 0 Å². The molecule has 1 aromatic rings. The molecule has 1 aliphatic heterocycles. The first-order chi connectivity index (χ1) is 11.2. The lowest BCUT2D eigenvalue weighted by Crippen LogP contribution is -2.39. The molecule has 1 aliphatic carbocycles. The molecular weight excluding hydrogens is 304 g/mol. The van der Waals surface area contributed by atoms with E-state index in [2.05, 4.69) is 39.6 Å². The van der Waals surface area contributed by atoms with Gasteiger partial charge in [-0.15, -0.1) is 11.3 Å². The number of piperidine rings is 1. The maximum Gasteiger partial charge on any atom is 0.188 e. The highest BCUT2D eigenvalue weighted by Gasteiger charge is 2.25. The van der Waals surface area contributed by atoms with Crippen LogP contribution in [0.4, 0.5) is 0 Å². The average molecular weight is 335 g/mol. The molecule has 0 radical (unpaired) electrons. The molecule has 1 saturated carbocycles. The van der Waals surface area contributed by atoms with Gasteiger partial charge in [0, 0.05) is 11.4 Å². The molecule has 2 aliphatic rings. The van der Waals surface area contributed by atoms with E-state index in [0.717, 1.165) is 24.9 Å². The van der Waals surface area contributed by atoms with Crippen LogP contribution in [-0.2, 0) is 0 Å². The first-order valence-electron chi connectivity index (χ1n) is 9.03. The maximum absolute atomic E-state index is 6.08. The highest BCUT2D eigenvalue weighted by atomic mass is 32.1. The largest absolute Gasteiger partial charge is 0.370 e. The first kappa shape index (κ1) is 16.8. The van der Waals surface area contributed by atoms with Gasteiger partial charge in [-0.05, 0) is 62.1 Å². The molecule has 0 bridgehead atoms. The Morgan fingerprint density at radius 1 is 1.39 bits per heavy atom. The van der Waals surface area contributed by atoms with E-state index in [4.69, 9.17) is 5.73 Å². The van der Waals surface area contributed by atoms with Gasteiger partial charge in [-0.1, -0.05) is 19.4 Å². The molecule has 2 heterocycles. The zero-order valence-electron chi connectivity index (χ0n) is 14.2. The lowest BCUT2D eigenvalue weighted by atomic mass is 9.85. The molecule has 1 saturated heterocycles. The molecule has 0 aromatic carbocycles. The van der Waals surface area contributed by atoms with Crippen molar-refractivity contribution in [3.63, 3.8) is 0 Å². The lowest BCUT2D eigenvalue weighted by Gasteiger charge is -2.35. The van der Waals surface area contributed by atoms with Crippen LogP contribution in [0, 0.1) is 11.8 Å². The van der Waals surface area contributed by atoms with Crippen LogP contribution in [0.25, 0.3) is 0 Å². The predicted molar refractivity (Wildman–Crippen MR) is 98.9 cm³/mol. The van der Waals surface area contributed by atoms with Crippen molar-refractivity contribution < 1.29 is 0 Å². The van der Waals surface area contributed by atoms with Crippen molar-refractivity contribution in [3.8, 4) is 0 Å². The molecule has 0 spiro atoms. The molecular formula is C18H30N4S. The number of thiophene rings is 1. The fraction of sp³-hybridized carbons (Fsp3) is 0.722. The van der Waals surface area contributed by atoms with Crippen LogP contribution < -0.4 is 11.1 Å². The van der Waals surface area contributed by atoms with E-state index in [-0.39, 0.29) is 0 Å². The molecule has 3 rings (SSSR count). The Hall–Kier alpha value is -1.07. The summed E-state index contributed by atoms with van der Waals surface area (Å²) in [6.45, 7) is 6.46. The van der Waals surface area contributed by atoms with Crippen LogP contribution in [0.5, 0.6) is 0 Å². The van der Waals surface area contributed by atoms with E-state index >= 15 is 0 Å². The maximum atomic E-state index is 6.08. The summed E-state index contributed by atoms with van der Waals surface area (Å²) in [5.74, 6) is 2.28. The van der Waals surface area contributed by atoms with E-state index < -0.39 is 0 Å². The summed E-state index contributed by atoms with van der Waals surface area (Å²) in [5, 5.41) is 5.47. The first-order valence-corrected chi connectivity index (χ1v) is 9.91. The molecule has 5 heteroatoms. The molecule has 128 valence electrons. The van der Waals surface area contributed by atoms with E-state index in [1.165, 1.54) is 50.1 Å². The van der Waals surface area contributed by atoms with E-state index in [1.54, 1.807) is 0 Å². The zero-order valence-corrected chi connectivity index (χ0v) is 15.0. The van der Waals surface area contributed by atoms with Gasteiger partial charge >= 0.3 is 0 Å². The minimum atomic E-state index is 0.381. The number of nitrogens with one attached hydrogen (secondary N) is 1. The minimum absolute atomic E-state index is 0.381. The third-order valence-electron chi connectivity index (χ3n) is 5.36. The van der Waals surface area contributed by atoms with E-state index in [9.17, 15) is 0 Å². The van der Waals surface area contributed by atoms with Gasteiger partial charge in [-0.2, -0.15) is 0 Å². The SMILES string of the molecule is CC1CCN(C(CN=C(N)NCC2CCC2)c2cccs2)CC1. The Morgan fingerprint density at radius 3 is 2.78 bits per heavy atom. The van der Waals surface area contributed by atoms with Crippen molar-refractivity contribution >= 4 is 17.3 Å². The van der Waals surface area contributed by atoms with Crippen LogP contribution in [-0.4, -0.2) is 37.0 Å². The molecule has 23 heavy (non-hydrogen) atoms. The average Bonchev–Trinajstić information content (AvgIpc) is 3.02. The number of hydrogen-bond acceptors (Lipinski definition) is 3. The standard InChI is InChI=1S/C18H30N4S/c1-14-7-9-22(10-8-14)16(17-6-3-11-23-17)13-21-18(19)20-12-15-4-2-5-15/h3,6,11,14-16H,2,4-5,7-10,12-13H2,1H3,(H3,19,20,21). The van der Waals surface area contributed by atoms with E-state index in [0.29, 0.717) is 12.0 Å². The second-order valence-electron chi connectivity index (χ2n) is 7.15. The number of rotatable bonds is 6. The van der Waals surface area contributed by atoms with Crippen molar-refractivity contribution in [1.29, 1.82) is 0 Å². The van der Waals surface area contributed by atoms with Gasteiger partial charge in [0.15, 0.2) is 5.96 Å². The zero-order chi connectivity index (χ0) is 16.1. The van der Waals surface area contributed by atoms with Crippen LogP contribution in [0.1, 0.15) is 49.9 Å². The Labute approximate surface area is 144 Å². The minimum Gasteiger partial charge on any atom is -0.370 e. The van der Waals surface area contributed by atoms with Crippen LogP contribution in [0.2, 0.25) is 0 Å². The molecule has 2 fully saturated rings. The second kappa shape index (κ2) is 8.15. The monoisotopic (exact) mass is 334 g/mol. The third kappa shape index (κ3) is 4.70. The van der Waals surface area contributed by atoms with Gasteiger partial charge in [0.25, 0.3) is 0 Å². The quantitative estimate of drug-likeness (QED) is 0.620. The summed E-state index contributed by atoms with van der Waals surface area (Å²) in [6.07, 6.45) is 6.63. The summed E-state index contributed by atoms with van der Waals surface area (Å²) >= 11 is 1.84. The number of nitrogens with two attached hydrogens (primary N) is 1. The van der Waals surface area contributed by atoms with E-state index in [1.807, 2.05) is 11.3 Å². The summed E-state index contributed by atoms with van der Waals surface area (Å²) < 4.78 is 0. The summed E-state index contributed by atoms with van der Waals surface area (Å²) in [5.41, 5.74) is 6.08. The normalized spacial score (nSPS) is 22.7. The molecule has 4 nitrogen and oxygen atoms in total. The molecule has 0 amide bonds. The van der Waals surface area contributed by atoms with Crippen molar-refractivity contribution in [1.82, 2.24) is 10.2 Å². The predicted octanol–water partition coefficient (Wildman–Crippen LogP) is 3.23.